The predicted octanol–water partition coefficient (Wildman–Crippen LogP) is 5.46. The highest BCUT2D eigenvalue weighted by Crippen LogP contribution is 2.40. The highest BCUT2D eigenvalue weighted by atomic mass is 35.5. The third-order valence-corrected chi connectivity index (χ3v) is 7.87. The molecular weight excluding hydrogens is 511 g/mol. The molecule has 0 spiro atoms. The molecule has 1 amide bonds. The number of carbonyl (C=O) groups is 1. The van der Waals surface area contributed by atoms with Crippen molar-refractivity contribution in [2.24, 2.45) is 4.99 Å². The first kappa shape index (κ1) is 24.9. The van der Waals surface area contributed by atoms with Crippen molar-refractivity contribution in [2.75, 3.05) is 32.7 Å². The highest BCUT2D eigenvalue weighted by Gasteiger charge is 2.35. The van der Waals surface area contributed by atoms with Crippen LogP contribution in [0.2, 0.25) is 5.02 Å². The number of aromatic nitrogens is 2. The van der Waals surface area contributed by atoms with Gasteiger partial charge in [0, 0.05) is 36.6 Å². The van der Waals surface area contributed by atoms with Crippen LogP contribution in [-0.2, 0) is 17.4 Å². The number of aliphatic imine (C=N–C) groups is 1. The zero-order valence-corrected chi connectivity index (χ0v) is 21.0. The van der Waals surface area contributed by atoms with Crippen LogP contribution in [0.25, 0.3) is 16.5 Å². The summed E-state index contributed by atoms with van der Waals surface area (Å²) >= 11 is 7.13. The Bertz CT molecular complexity index is 1380. The van der Waals surface area contributed by atoms with Gasteiger partial charge in [-0.1, -0.05) is 30.7 Å². The lowest BCUT2D eigenvalue weighted by atomic mass is 9.93. The number of thioether (sulfide) groups is 1. The van der Waals surface area contributed by atoms with Crippen LogP contribution in [0.5, 0.6) is 0 Å². The summed E-state index contributed by atoms with van der Waals surface area (Å²) in [7, 11) is 0. The topological polar surface area (TPSA) is 64.6 Å². The molecule has 2 aliphatic heterocycles. The molecule has 1 N–H and O–H groups in total. The summed E-state index contributed by atoms with van der Waals surface area (Å²) in [5, 5.41) is 8.30. The van der Waals surface area contributed by atoms with Crippen molar-refractivity contribution < 1.29 is 18.0 Å². The van der Waals surface area contributed by atoms with E-state index in [9.17, 15) is 18.0 Å². The largest absolute Gasteiger partial charge is 0.416 e. The van der Waals surface area contributed by atoms with Crippen LogP contribution in [0, 0.1) is 0 Å². The van der Waals surface area contributed by atoms with Gasteiger partial charge in [0.25, 0.3) is 5.91 Å². The first-order chi connectivity index (χ1) is 17.2. The summed E-state index contributed by atoms with van der Waals surface area (Å²) in [5.41, 5.74) is 1.16. The number of amidine groups is 1. The molecule has 188 valence electrons. The molecule has 1 aromatic heterocycles. The van der Waals surface area contributed by atoms with Crippen molar-refractivity contribution in [2.45, 2.75) is 19.5 Å². The van der Waals surface area contributed by atoms with E-state index in [2.05, 4.69) is 31.9 Å². The number of benzene rings is 2. The Hall–Kier alpha value is -2.82. The number of nitrogens with zero attached hydrogens (tertiary/aromatic N) is 4. The van der Waals surface area contributed by atoms with E-state index in [0.717, 1.165) is 49.7 Å². The van der Waals surface area contributed by atoms with Crippen molar-refractivity contribution in [1.29, 1.82) is 0 Å². The maximum absolute atomic E-state index is 13.9. The van der Waals surface area contributed by atoms with Gasteiger partial charge < -0.3 is 9.80 Å². The fourth-order valence-electron chi connectivity index (χ4n) is 4.48. The van der Waals surface area contributed by atoms with E-state index < -0.39 is 17.6 Å². The molecular formula is C25H23ClF3N5OS. The number of nitrogens with one attached hydrogen (secondary N) is 1. The number of hydrogen-bond donors (Lipinski definition) is 1. The van der Waals surface area contributed by atoms with Gasteiger partial charge in [0.05, 0.1) is 22.2 Å². The number of carbonyl (C=O) groups excluding carboxylic acids is 1. The second kappa shape index (κ2) is 9.91. The van der Waals surface area contributed by atoms with Crippen molar-refractivity contribution in [3.05, 3.63) is 69.2 Å². The summed E-state index contributed by atoms with van der Waals surface area (Å²) in [6.07, 6.45) is -3.04. The molecule has 36 heavy (non-hydrogen) atoms. The van der Waals surface area contributed by atoms with Crippen LogP contribution >= 0.6 is 23.4 Å². The molecule has 2 aliphatic rings. The van der Waals surface area contributed by atoms with Crippen molar-refractivity contribution in [3.8, 4) is 0 Å². The zero-order chi connectivity index (χ0) is 25.4. The molecule has 1 saturated heterocycles. The highest BCUT2D eigenvalue weighted by molar-refractivity contribution is 8.18. The third kappa shape index (κ3) is 5.02. The Morgan fingerprint density at radius 2 is 1.92 bits per heavy atom. The molecule has 1 fully saturated rings. The number of allylic oxidation sites excluding steroid dienone is 1. The molecule has 6 nitrogen and oxygen atoms in total. The van der Waals surface area contributed by atoms with Crippen LogP contribution in [0.1, 0.15) is 23.6 Å². The van der Waals surface area contributed by atoms with Crippen LogP contribution in [-0.4, -0.2) is 63.8 Å². The molecule has 11 heteroatoms. The molecule has 0 radical (unpaired) electrons. The Morgan fingerprint density at radius 3 is 2.64 bits per heavy atom. The molecule has 0 unspecified atom stereocenters. The smallest absolute Gasteiger partial charge is 0.348 e. The fraction of sp³-hybridized carbons (Fsp3) is 0.320. The average molecular weight is 534 g/mol. The quantitative estimate of drug-likeness (QED) is 0.451. The summed E-state index contributed by atoms with van der Waals surface area (Å²) in [4.78, 5) is 22.2. The van der Waals surface area contributed by atoms with E-state index in [1.807, 2.05) is 6.07 Å². The van der Waals surface area contributed by atoms with Gasteiger partial charge in [0.2, 0.25) is 0 Å². The van der Waals surface area contributed by atoms with Gasteiger partial charge in [0.1, 0.15) is 0 Å². The van der Waals surface area contributed by atoms with Gasteiger partial charge in [-0.05, 0) is 65.7 Å². The number of rotatable bonds is 4. The number of hydrogen-bond acceptors (Lipinski definition) is 5. The van der Waals surface area contributed by atoms with Gasteiger partial charge >= 0.3 is 6.18 Å². The minimum atomic E-state index is -4.59. The van der Waals surface area contributed by atoms with E-state index in [1.54, 1.807) is 18.3 Å². The van der Waals surface area contributed by atoms with Crippen LogP contribution < -0.4 is 0 Å². The Kier molecular flexibility index (Phi) is 6.84. The minimum absolute atomic E-state index is 0.00301. The number of likely N-dealkylation sites (N-methyl/N-ethyl adjacent to an activating group) is 1. The molecule has 2 aromatic carbocycles. The standard InChI is InChI=1S/C25H23ClF3N5OS/c1-2-33-7-9-34(10-8-33)24-31-23(35)22(36-24)19(15-4-6-21-17(11-15)14-30-32-21)12-16-3-5-18(26)13-20(16)25(27,28)29/h3-6,11,13-14H,2,7-10,12H2,1H3,(H,30,32). The summed E-state index contributed by atoms with van der Waals surface area (Å²) in [6, 6.07) is 9.16. The summed E-state index contributed by atoms with van der Waals surface area (Å²) in [5.74, 6) is -0.433. The first-order valence-electron chi connectivity index (χ1n) is 11.5. The van der Waals surface area contributed by atoms with Crippen LogP contribution in [0.3, 0.4) is 0 Å². The number of fused-ring (bicyclic) bond motifs is 1. The van der Waals surface area contributed by atoms with Crippen LogP contribution in [0.15, 0.2) is 52.5 Å². The zero-order valence-electron chi connectivity index (χ0n) is 19.4. The molecule has 0 saturated carbocycles. The SMILES string of the molecule is CCN1CCN(C2=NC(=O)C(=C(Cc3ccc(Cl)cc3C(F)(F)F)c3ccc4[nH]ncc4c3)S2)CC1. The number of aromatic amines is 1. The minimum Gasteiger partial charge on any atom is -0.348 e. The molecule has 0 atom stereocenters. The number of H-pyrrole nitrogens is 1. The van der Waals surface area contributed by atoms with Gasteiger partial charge in [-0.2, -0.15) is 23.3 Å². The maximum atomic E-state index is 13.9. The molecule has 3 aromatic rings. The lowest BCUT2D eigenvalue weighted by molar-refractivity contribution is -0.138. The maximum Gasteiger partial charge on any atom is 0.416 e. The molecule has 5 rings (SSSR count). The Labute approximate surface area is 215 Å². The lowest BCUT2D eigenvalue weighted by Gasteiger charge is -2.34. The number of alkyl halides is 3. The van der Waals surface area contributed by atoms with E-state index in [-0.39, 0.29) is 17.0 Å². The van der Waals surface area contributed by atoms with Gasteiger partial charge in [-0.15, -0.1) is 0 Å². The van der Waals surface area contributed by atoms with E-state index >= 15 is 0 Å². The fourth-order valence-corrected chi connectivity index (χ4v) is 5.72. The number of halogens is 4. The summed E-state index contributed by atoms with van der Waals surface area (Å²) in [6.45, 7) is 6.29. The van der Waals surface area contributed by atoms with Crippen LogP contribution in [0.4, 0.5) is 13.2 Å². The molecule has 0 aliphatic carbocycles. The third-order valence-electron chi connectivity index (χ3n) is 6.48. The Morgan fingerprint density at radius 1 is 1.14 bits per heavy atom. The lowest BCUT2D eigenvalue weighted by Crippen LogP contribution is -2.47. The van der Waals surface area contributed by atoms with Gasteiger partial charge in [-0.3, -0.25) is 9.89 Å². The number of piperazine rings is 1. The van der Waals surface area contributed by atoms with E-state index in [0.29, 0.717) is 21.2 Å². The van der Waals surface area contributed by atoms with Crippen molar-refractivity contribution in [3.63, 3.8) is 0 Å². The average Bonchev–Trinajstić information content (AvgIpc) is 3.48. The second-order valence-corrected chi connectivity index (χ2v) is 10.1. The monoisotopic (exact) mass is 533 g/mol. The first-order valence-corrected chi connectivity index (χ1v) is 12.7. The number of amides is 1. The van der Waals surface area contributed by atoms with E-state index in [4.69, 9.17) is 11.6 Å². The normalized spacial score (nSPS) is 18.8. The van der Waals surface area contributed by atoms with Gasteiger partial charge in [-0.25, -0.2) is 0 Å². The second-order valence-electron chi connectivity index (χ2n) is 8.68. The summed E-state index contributed by atoms with van der Waals surface area (Å²) < 4.78 is 41.6. The van der Waals surface area contributed by atoms with E-state index in [1.165, 1.54) is 23.9 Å². The Balaban J connectivity index is 1.55. The van der Waals surface area contributed by atoms with Gasteiger partial charge in [0.15, 0.2) is 5.17 Å². The van der Waals surface area contributed by atoms with Crippen molar-refractivity contribution >= 4 is 50.9 Å². The predicted molar refractivity (Wildman–Crippen MR) is 137 cm³/mol. The molecule has 0 bridgehead atoms. The molecule has 3 heterocycles. The van der Waals surface area contributed by atoms with Crippen molar-refractivity contribution in [1.82, 2.24) is 20.0 Å².